The zero-order valence-corrected chi connectivity index (χ0v) is 19.0. The second-order valence-electron chi connectivity index (χ2n) is 6.98. The monoisotopic (exact) mass is 456 g/mol. The van der Waals surface area contributed by atoms with Crippen LogP contribution in [-0.4, -0.2) is 33.5 Å². The van der Waals surface area contributed by atoms with E-state index in [1.54, 1.807) is 32.2 Å². The fourth-order valence-corrected chi connectivity index (χ4v) is 3.74. The number of rotatable bonds is 10. The van der Waals surface area contributed by atoms with Crippen molar-refractivity contribution >= 4 is 23.4 Å². The van der Waals surface area contributed by atoms with Crippen molar-refractivity contribution in [3.63, 3.8) is 0 Å². The van der Waals surface area contributed by atoms with Gasteiger partial charge in [-0.3, -0.25) is 9.36 Å². The summed E-state index contributed by atoms with van der Waals surface area (Å²) in [4.78, 5) is 12.4. The number of halogens is 1. The van der Waals surface area contributed by atoms with E-state index in [2.05, 4.69) is 22.1 Å². The lowest BCUT2D eigenvalue weighted by Crippen LogP contribution is -2.16. The standard InChI is InChI=1S/C23H25FN4O3S/c1-5-11-28-22(16(3)31-19-8-6-7-18(13-19)30-4)26-27-23(28)32-14-21(29)25-20-12-17(24)10-9-15(20)2/h5-10,12-13,16H,1,11,14H2,2-4H3,(H,25,29). The van der Waals surface area contributed by atoms with Gasteiger partial charge in [0, 0.05) is 18.3 Å². The van der Waals surface area contributed by atoms with Crippen LogP contribution in [-0.2, 0) is 11.3 Å². The van der Waals surface area contributed by atoms with Gasteiger partial charge in [-0.2, -0.15) is 0 Å². The van der Waals surface area contributed by atoms with Gasteiger partial charge in [0.15, 0.2) is 17.1 Å². The lowest BCUT2D eigenvalue weighted by molar-refractivity contribution is -0.113. The zero-order valence-electron chi connectivity index (χ0n) is 18.2. The number of nitrogens with zero attached hydrogens (tertiary/aromatic N) is 3. The van der Waals surface area contributed by atoms with Crippen molar-refractivity contribution in [1.82, 2.24) is 14.8 Å². The summed E-state index contributed by atoms with van der Waals surface area (Å²) in [6.07, 6.45) is 1.33. The van der Waals surface area contributed by atoms with E-state index >= 15 is 0 Å². The number of thioether (sulfide) groups is 1. The molecule has 9 heteroatoms. The van der Waals surface area contributed by atoms with Gasteiger partial charge in [-0.05, 0) is 43.7 Å². The highest BCUT2D eigenvalue weighted by Gasteiger charge is 2.20. The third kappa shape index (κ3) is 5.88. The number of amides is 1. The Balaban J connectivity index is 1.69. The Bertz CT molecular complexity index is 1100. The number of allylic oxidation sites excluding steroid dienone is 1. The fourth-order valence-electron chi connectivity index (χ4n) is 2.98. The summed E-state index contributed by atoms with van der Waals surface area (Å²) >= 11 is 1.24. The molecule has 0 radical (unpaired) electrons. The van der Waals surface area contributed by atoms with Gasteiger partial charge in [0.25, 0.3) is 0 Å². The molecule has 0 bridgehead atoms. The van der Waals surface area contributed by atoms with Crippen LogP contribution in [0.25, 0.3) is 0 Å². The van der Waals surface area contributed by atoms with E-state index < -0.39 is 11.9 Å². The van der Waals surface area contributed by atoms with Crippen LogP contribution in [0, 0.1) is 12.7 Å². The van der Waals surface area contributed by atoms with Gasteiger partial charge < -0.3 is 14.8 Å². The van der Waals surface area contributed by atoms with Crippen molar-refractivity contribution in [2.75, 3.05) is 18.2 Å². The van der Waals surface area contributed by atoms with Crippen LogP contribution in [0.3, 0.4) is 0 Å². The molecule has 1 unspecified atom stereocenters. The van der Waals surface area contributed by atoms with Gasteiger partial charge in [0.2, 0.25) is 5.91 Å². The number of benzene rings is 2. The van der Waals surface area contributed by atoms with Crippen LogP contribution in [0.4, 0.5) is 10.1 Å². The molecular formula is C23H25FN4O3S. The number of methoxy groups -OCH3 is 1. The minimum atomic E-state index is -0.404. The molecule has 1 aromatic heterocycles. The molecule has 1 heterocycles. The summed E-state index contributed by atoms with van der Waals surface area (Å²) in [5.74, 6) is 1.37. The highest BCUT2D eigenvalue weighted by atomic mass is 32.2. The minimum absolute atomic E-state index is 0.0936. The number of hydrogen-bond acceptors (Lipinski definition) is 6. The predicted octanol–water partition coefficient (Wildman–Crippen LogP) is 4.79. The number of hydrogen-bond donors (Lipinski definition) is 1. The van der Waals surface area contributed by atoms with Crippen molar-refractivity contribution in [2.45, 2.75) is 31.7 Å². The molecular weight excluding hydrogens is 431 g/mol. The number of aromatic nitrogens is 3. The third-order valence-corrected chi connectivity index (χ3v) is 5.55. The molecule has 0 aliphatic rings. The lowest BCUT2D eigenvalue weighted by Gasteiger charge is -2.16. The van der Waals surface area contributed by atoms with Crippen LogP contribution in [0.15, 0.2) is 60.3 Å². The summed E-state index contributed by atoms with van der Waals surface area (Å²) in [7, 11) is 1.60. The molecule has 0 fully saturated rings. The first-order valence-electron chi connectivity index (χ1n) is 9.94. The number of aryl methyl sites for hydroxylation is 1. The fraction of sp³-hybridized carbons (Fsp3) is 0.261. The molecule has 0 saturated heterocycles. The molecule has 0 aliphatic carbocycles. The minimum Gasteiger partial charge on any atom is -0.497 e. The quantitative estimate of drug-likeness (QED) is 0.349. The van der Waals surface area contributed by atoms with E-state index in [4.69, 9.17) is 9.47 Å². The Hall–Kier alpha value is -3.33. The average Bonchev–Trinajstić information content (AvgIpc) is 3.18. The highest BCUT2D eigenvalue weighted by Crippen LogP contribution is 2.27. The third-order valence-electron chi connectivity index (χ3n) is 4.58. The smallest absolute Gasteiger partial charge is 0.234 e. The number of anilines is 1. The summed E-state index contributed by atoms with van der Waals surface area (Å²) < 4.78 is 26.5. The first-order valence-corrected chi connectivity index (χ1v) is 10.9. The SMILES string of the molecule is C=CCn1c(SCC(=O)Nc2cc(F)ccc2C)nnc1C(C)Oc1cccc(OC)c1. The van der Waals surface area contributed by atoms with E-state index in [0.29, 0.717) is 34.7 Å². The molecule has 1 atom stereocenters. The van der Waals surface area contributed by atoms with Gasteiger partial charge in [0.05, 0.1) is 12.9 Å². The van der Waals surface area contributed by atoms with Crippen molar-refractivity contribution in [1.29, 1.82) is 0 Å². The maximum atomic E-state index is 13.5. The Morgan fingerprint density at radius 3 is 2.81 bits per heavy atom. The van der Waals surface area contributed by atoms with Gasteiger partial charge in [0.1, 0.15) is 17.3 Å². The summed E-state index contributed by atoms with van der Waals surface area (Å²) in [6, 6.07) is 11.6. The summed E-state index contributed by atoms with van der Waals surface area (Å²) in [5.41, 5.74) is 1.23. The molecule has 7 nitrogen and oxygen atoms in total. The topological polar surface area (TPSA) is 78.3 Å². The van der Waals surface area contributed by atoms with Gasteiger partial charge >= 0.3 is 0 Å². The Morgan fingerprint density at radius 2 is 2.06 bits per heavy atom. The van der Waals surface area contributed by atoms with E-state index in [0.717, 1.165) is 5.56 Å². The second kappa shape index (κ2) is 10.8. The summed E-state index contributed by atoms with van der Waals surface area (Å²) in [6.45, 7) is 7.93. The van der Waals surface area contributed by atoms with Crippen LogP contribution < -0.4 is 14.8 Å². The van der Waals surface area contributed by atoms with E-state index in [1.165, 1.54) is 23.9 Å². The Labute approximate surface area is 190 Å². The van der Waals surface area contributed by atoms with Crippen molar-refractivity contribution in [3.8, 4) is 11.5 Å². The molecule has 3 aromatic rings. The molecule has 0 saturated carbocycles. The molecule has 0 spiro atoms. The molecule has 1 N–H and O–H groups in total. The maximum Gasteiger partial charge on any atom is 0.234 e. The van der Waals surface area contributed by atoms with Crippen LogP contribution in [0.2, 0.25) is 0 Å². The predicted molar refractivity (Wildman–Crippen MR) is 123 cm³/mol. The molecule has 3 rings (SSSR count). The molecule has 2 aromatic carbocycles. The zero-order chi connectivity index (χ0) is 23.1. The van der Waals surface area contributed by atoms with Crippen LogP contribution in [0.5, 0.6) is 11.5 Å². The molecule has 0 aliphatic heterocycles. The number of ether oxygens (including phenoxy) is 2. The molecule has 168 valence electrons. The summed E-state index contributed by atoms with van der Waals surface area (Å²) in [5, 5.41) is 11.8. The van der Waals surface area contributed by atoms with Crippen LogP contribution >= 0.6 is 11.8 Å². The number of carbonyl (C=O) groups is 1. The largest absolute Gasteiger partial charge is 0.497 e. The lowest BCUT2D eigenvalue weighted by atomic mass is 10.2. The highest BCUT2D eigenvalue weighted by molar-refractivity contribution is 7.99. The first-order chi connectivity index (χ1) is 15.4. The van der Waals surface area contributed by atoms with E-state index in [9.17, 15) is 9.18 Å². The second-order valence-corrected chi connectivity index (χ2v) is 7.92. The van der Waals surface area contributed by atoms with Gasteiger partial charge in [-0.15, -0.1) is 16.8 Å². The first kappa shape index (κ1) is 23.3. The molecule has 1 amide bonds. The Morgan fingerprint density at radius 1 is 1.28 bits per heavy atom. The molecule has 32 heavy (non-hydrogen) atoms. The van der Waals surface area contributed by atoms with Crippen molar-refractivity contribution < 1.29 is 18.7 Å². The van der Waals surface area contributed by atoms with Crippen molar-refractivity contribution in [3.05, 3.63) is 72.3 Å². The normalized spacial score (nSPS) is 11.6. The van der Waals surface area contributed by atoms with Crippen LogP contribution in [0.1, 0.15) is 24.4 Å². The number of carbonyl (C=O) groups excluding carboxylic acids is 1. The number of nitrogens with one attached hydrogen (secondary N) is 1. The van der Waals surface area contributed by atoms with E-state index in [-0.39, 0.29) is 11.7 Å². The maximum absolute atomic E-state index is 13.5. The van der Waals surface area contributed by atoms with Gasteiger partial charge in [-0.25, -0.2) is 4.39 Å². The van der Waals surface area contributed by atoms with E-state index in [1.807, 2.05) is 29.7 Å². The van der Waals surface area contributed by atoms with Gasteiger partial charge in [-0.1, -0.05) is 30.0 Å². The average molecular weight is 457 g/mol. The Kier molecular flexibility index (Phi) is 7.88. The van der Waals surface area contributed by atoms with Crippen molar-refractivity contribution in [2.24, 2.45) is 0 Å².